The molecular weight excluding hydrogens is 276 g/mol. The average molecular weight is 302 g/mol. The Labute approximate surface area is 132 Å². The minimum absolute atomic E-state index is 0.202. The van der Waals surface area contributed by atoms with Gasteiger partial charge in [-0.2, -0.15) is 0 Å². The van der Waals surface area contributed by atoms with Crippen molar-refractivity contribution in [3.63, 3.8) is 0 Å². The van der Waals surface area contributed by atoms with E-state index in [9.17, 15) is 5.11 Å². The maximum atomic E-state index is 9.98. The molecule has 3 heteroatoms. The van der Waals surface area contributed by atoms with E-state index in [1.165, 1.54) is 19.3 Å². The summed E-state index contributed by atoms with van der Waals surface area (Å²) in [7, 11) is 0. The second-order valence-electron chi connectivity index (χ2n) is 6.79. The van der Waals surface area contributed by atoms with Crippen LogP contribution in [0.25, 0.3) is 0 Å². The summed E-state index contributed by atoms with van der Waals surface area (Å²) in [5.41, 5.74) is 1.16. The molecule has 4 atom stereocenters. The van der Waals surface area contributed by atoms with Gasteiger partial charge in [-0.25, -0.2) is 0 Å². The molecule has 0 amide bonds. The first-order valence-electron chi connectivity index (χ1n) is 8.37. The topological polar surface area (TPSA) is 38.7 Å². The van der Waals surface area contributed by atoms with E-state index in [1.807, 2.05) is 6.08 Å². The van der Waals surface area contributed by atoms with E-state index < -0.39 is 0 Å². The molecular formula is C19H26O3. The van der Waals surface area contributed by atoms with Crippen molar-refractivity contribution in [2.24, 2.45) is 11.8 Å². The van der Waals surface area contributed by atoms with Gasteiger partial charge in [0.2, 0.25) is 0 Å². The van der Waals surface area contributed by atoms with Crippen LogP contribution in [0.4, 0.5) is 0 Å². The lowest BCUT2D eigenvalue weighted by Crippen LogP contribution is -2.37. The first-order chi connectivity index (χ1) is 10.6. The molecule has 3 rings (SSSR count). The molecule has 4 unspecified atom stereocenters. The van der Waals surface area contributed by atoms with Crippen molar-refractivity contribution in [3.05, 3.63) is 30.4 Å². The second kappa shape index (κ2) is 6.23. The molecule has 1 aromatic carbocycles. The summed E-state index contributed by atoms with van der Waals surface area (Å²) in [6.07, 6.45) is 6.50. The van der Waals surface area contributed by atoms with Crippen LogP contribution in [0.5, 0.6) is 17.2 Å². The smallest absolute Gasteiger partial charge is 0.130 e. The SMILES string of the molecule is C=CCCOc1cc(O)cc2c1C1CC(C)CCC1C(C)O2. The number of aromatic hydroxyl groups is 1. The molecule has 1 aliphatic heterocycles. The molecule has 1 aliphatic carbocycles. The molecule has 0 spiro atoms. The third-order valence-electron chi connectivity index (χ3n) is 5.12. The van der Waals surface area contributed by atoms with E-state index in [1.54, 1.807) is 12.1 Å². The van der Waals surface area contributed by atoms with Crippen molar-refractivity contribution in [1.29, 1.82) is 0 Å². The van der Waals surface area contributed by atoms with Gasteiger partial charge in [0.25, 0.3) is 0 Å². The maximum absolute atomic E-state index is 9.98. The Morgan fingerprint density at radius 3 is 2.95 bits per heavy atom. The number of hydrogen-bond donors (Lipinski definition) is 1. The summed E-state index contributed by atoms with van der Waals surface area (Å²) in [4.78, 5) is 0. The van der Waals surface area contributed by atoms with Crippen molar-refractivity contribution < 1.29 is 14.6 Å². The van der Waals surface area contributed by atoms with Gasteiger partial charge in [-0.05, 0) is 38.0 Å². The van der Waals surface area contributed by atoms with E-state index in [4.69, 9.17) is 9.47 Å². The number of hydrogen-bond acceptors (Lipinski definition) is 3. The molecule has 1 heterocycles. The maximum Gasteiger partial charge on any atom is 0.130 e. The number of ether oxygens (including phenoxy) is 2. The van der Waals surface area contributed by atoms with Gasteiger partial charge < -0.3 is 14.6 Å². The van der Waals surface area contributed by atoms with Crippen LogP contribution >= 0.6 is 0 Å². The molecule has 22 heavy (non-hydrogen) atoms. The number of fused-ring (bicyclic) bond motifs is 3. The van der Waals surface area contributed by atoms with E-state index >= 15 is 0 Å². The third kappa shape index (κ3) is 2.81. The fourth-order valence-electron chi connectivity index (χ4n) is 4.01. The monoisotopic (exact) mass is 302 g/mol. The predicted molar refractivity (Wildman–Crippen MR) is 87.8 cm³/mol. The van der Waals surface area contributed by atoms with Crippen LogP contribution in [-0.2, 0) is 0 Å². The van der Waals surface area contributed by atoms with Gasteiger partial charge >= 0.3 is 0 Å². The first kappa shape index (κ1) is 15.3. The lowest BCUT2D eigenvalue weighted by molar-refractivity contribution is 0.0671. The Morgan fingerprint density at radius 1 is 1.36 bits per heavy atom. The fraction of sp³-hybridized carbons (Fsp3) is 0.579. The van der Waals surface area contributed by atoms with Crippen molar-refractivity contribution in [2.45, 2.75) is 51.6 Å². The molecule has 1 saturated carbocycles. The first-order valence-corrected chi connectivity index (χ1v) is 8.37. The second-order valence-corrected chi connectivity index (χ2v) is 6.79. The molecule has 3 nitrogen and oxygen atoms in total. The summed E-state index contributed by atoms with van der Waals surface area (Å²) in [5.74, 6) is 3.55. The van der Waals surface area contributed by atoms with E-state index in [-0.39, 0.29) is 11.9 Å². The fourth-order valence-corrected chi connectivity index (χ4v) is 4.01. The van der Waals surface area contributed by atoms with E-state index in [0.29, 0.717) is 18.4 Å². The molecule has 0 aromatic heterocycles. The summed E-state index contributed by atoms with van der Waals surface area (Å²) in [6.45, 7) is 8.79. The van der Waals surface area contributed by atoms with Crippen molar-refractivity contribution in [2.75, 3.05) is 6.61 Å². The summed E-state index contributed by atoms with van der Waals surface area (Å²) < 4.78 is 12.0. The molecule has 2 aliphatic rings. The minimum atomic E-state index is 0.202. The van der Waals surface area contributed by atoms with Crippen LogP contribution in [0.15, 0.2) is 24.8 Å². The summed E-state index contributed by atoms with van der Waals surface area (Å²) in [5, 5.41) is 9.98. The predicted octanol–water partition coefficient (Wildman–Crippen LogP) is 4.65. The van der Waals surface area contributed by atoms with Crippen LogP contribution < -0.4 is 9.47 Å². The molecule has 1 N–H and O–H groups in total. The standard InChI is InChI=1S/C19H26O3/c1-4-5-8-21-17-10-14(20)11-18-19(17)16-9-12(2)6-7-15(16)13(3)22-18/h4,10-13,15-16,20H,1,5-9H2,2-3H3. The van der Waals surface area contributed by atoms with Crippen LogP contribution in [0.1, 0.15) is 51.0 Å². The minimum Gasteiger partial charge on any atom is -0.508 e. The Hall–Kier alpha value is -1.64. The highest BCUT2D eigenvalue weighted by Gasteiger charge is 2.41. The normalized spacial score (nSPS) is 29.9. The van der Waals surface area contributed by atoms with Crippen molar-refractivity contribution in [1.82, 2.24) is 0 Å². The van der Waals surface area contributed by atoms with Crippen LogP contribution in [0.2, 0.25) is 0 Å². The Kier molecular flexibility index (Phi) is 4.32. The van der Waals surface area contributed by atoms with Gasteiger partial charge in [0.05, 0.1) is 12.7 Å². The molecule has 120 valence electrons. The highest BCUT2D eigenvalue weighted by Crippen LogP contribution is 2.53. The Balaban J connectivity index is 1.98. The molecule has 0 radical (unpaired) electrons. The van der Waals surface area contributed by atoms with Gasteiger partial charge in [-0.3, -0.25) is 0 Å². The zero-order valence-electron chi connectivity index (χ0n) is 13.5. The van der Waals surface area contributed by atoms with Gasteiger partial charge in [0.1, 0.15) is 17.2 Å². The quantitative estimate of drug-likeness (QED) is 0.650. The number of phenolic OH excluding ortho intramolecular Hbond substituents is 1. The summed E-state index contributed by atoms with van der Waals surface area (Å²) in [6, 6.07) is 3.47. The Bertz CT molecular complexity index is 552. The zero-order chi connectivity index (χ0) is 15.7. The van der Waals surface area contributed by atoms with Gasteiger partial charge in [0, 0.05) is 23.6 Å². The largest absolute Gasteiger partial charge is 0.508 e. The average Bonchev–Trinajstić information content (AvgIpc) is 2.46. The van der Waals surface area contributed by atoms with E-state index in [2.05, 4.69) is 20.4 Å². The Morgan fingerprint density at radius 2 is 2.18 bits per heavy atom. The number of rotatable bonds is 4. The number of phenols is 1. The van der Waals surface area contributed by atoms with E-state index in [0.717, 1.165) is 29.4 Å². The molecule has 0 bridgehead atoms. The zero-order valence-corrected chi connectivity index (χ0v) is 13.5. The van der Waals surface area contributed by atoms with Gasteiger partial charge in [-0.1, -0.05) is 19.4 Å². The van der Waals surface area contributed by atoms with Crippen molar-refractivity contribution in [3.8, 4) is 17.2 Å². The molecule has 0 saturated heterocycles. The lowest BCUT2D eigenvalue weighted by Gasteiger charge is -2.43. The highest BCUT2D eigenvalue weighted by atomic mass is 16.5. The third-order valence-corrected chi connectivity index (χ3v) is 5.12. The summed E-state index contributed by atoms with van der Waals surface area (Å²) >= 11 is 0. The van der Waals surface area contributed by atoms with Crippen molar-refractivity contribution >= 4 is 0 Å². The van der Waals surface area contributed by atoms with Gasteiger partial charge in [0.15, 0.2) is 0 Å². The highest BCUT2D eigenvalue weighted by molar-refractivity contribution is 5.53. The number of benzene rings is 1. The van der Waals surface area contributed by atoms with Crippen LogP contribution in [-0.4, -0.2) is 17.8 Å². The molecule has 1 fully saturated rings. The lowest BCUT2D eigenvalue weighted by atomic mass is 9.68. The van der Waals surface area contributed by atoms with Crippen LogP contribution in [0, 0.1) is 11.8 Å². The van der Waals surface area contributed by atoms with Crippen LogP contribution in [0.3, 0.4) is 0 Å². The molecule has 1 aromatic rings. The van der Waals surface area contributed by atoms with Gasteiger partial charge in [-0.15, -0.1) is 6.58 Å².